The van der Waals surface area contributed by atoms with Crippen molar-refractivity contribution in [1.82, 2.24) is 5.32 Å². The van der Waals surface area contributed by atoms with E-state index in [2.05, 4.69) is 66.9 Å². The quantitative estimate of drug-likeness (QED) is 0.0195. The molecule has 1 fully saturated rings. The van der Waals surface area contributed by atoms with Crippen molar-refractivity contribution in [1.29, 1.82) is 0 Å². The molecular weight excluding hydrogens is 979 g/mol. The molecule has 1 rings (SSSR count). The van der Waals surface area contributed by atoms with Crippen LogP contribution in [0.1, 0.15) is 277 Å². The Hall–Kier alpha value is -2.90. The molecule has 11 nitrogen and oxygen atoms in total. The van der Waals surface area contributed by atoms with Crippen molar-refractivity contribution in [3.63, 3.8) is 0 Å². The normalized spacial score (nSPS) is 19.0. The van der Waals surface area contributed by atoms with E-state index in [1.165, 1.54) is 180 Å². The van der Waals surface area contributed by atoms with Crippen LogP contribution in [0.5, 0.6) is 0 Å². The van der Waals surface area contributed by atoms with Crippen LogP contribution in [0, 0.1) is 0 Å². The predicted octanol–water partition coefficient (Wildman–Crippen LogP) is 15.6. The van der Waals surface area contributed by atoms with E-state index in [-0.39, 0.29) is 18.5 Å². The van der Waals surface area contributed by atoms with Gasteiger partial charge in [0, 0.05) is 12.8 Å². The Balaban J connectivity index is 1.97. The summed E-state index contributed by atoms with van der Waals surface area (Å²) in [6.45, 7) is 4.06. The monoisotopic (exact) mass is 1100 g/mol. The maximum absolute atomic E-state index is 13.0. The highest BCUT2D eigenvalue weighted by molar-refractivity contribution is 5.76. The number of esters is 1. The molecule has 78 heavy (non-hydrogen) atoms. The van der Waals surface area contributed by atoms with Crippen LogP contribution in [0.15, 0.2) is 72.9 Å². The van der Waals surface area contributed by atoms with E-state index in [0.717, 1.165) is 70.6 Å². The molecule has 0 radical (unpaired) electrons. The number of nitrogens with one attached hydrogen (secondary N) is 1. The fraction of sp³-hybridized carbons (Fsp3) is 0.791. The van der Waals surface area contributed by atoms with Crippen LogP contribution in [0.2, 0.25) is 0 Å². The molecule has 0 aromatic carbocycles. The first kappa shape index (κ1) is 73.1. The third kappa shape index (κ3) is 44.8. The zero-order valence-corrected chi connectivity index (χ0v) is 49.9. The standard InChI is InChI=1S/C67H119NO10/c1-3-5-7-9-11-13-14-35-39-43-47-51-55-63(72)76-56-52-48-44-40-36-33-31-29-27-25-23-21-19-17-15-16-18-20-22-24-26-28-30-32-34-38-42-46-50-54-62(71)68-59(60(70)53-49-45-41-37-12-10-8-6-4-2)58-77-67-66(75)65(74)64(73)61(57-69)78-67/h4,6,11-13,15,17,21,23,37,49,53,59-61,64-67,69-70,73-75H,3,5,7-10,14,16,18-20,22,24-36,38-48,50-52,54-58H2,1-2H3,(H,68,71)/b6-4+,13-11-,17-15-,23-21-,37-12+,53-49+. The van der Waals surface area contributed by atoms with Crippen molar-refractivity contribution in [2.45, 2.75) is 320 Å². The zero-order valence-electron chi connectivity index (χ0n) is 49.9. The van der Waals surface area contributed by atoms with Gasteiger partial charge in [-0.2, -0.15) is 0 Å². The summed E-state index contributed by atoms with van der Waals surface area (Å²) in [5, 5.41) is 54.2. The number of carbonyl (C=O) groups is 2. The fourth-order valence-corrected chi connectivity index (χ4v) is 9.73. The Morgan fingerprint density at radius 1 is 0.500 bits per heavy atom. The first-order valence-electron chi connectivity index (χ1n) is 32.2. The van der Waals surface area contributed by atoms with E-state index in [9.17, 15) is 35.1 Å². The van der Waals surface area contributed by atoms with E-state index < -0.39 is 49.5 Å². The maximum Gasteiger partial charge on any atom is 0.305 e. The Labute approximate surface area is 477 Å². The first-order valence-corrected chi connectivity index (χ1v) is 32.2. The summed E-state index contributed by atoms with van der Waals surface area (Å²) in [6, 6.07) is -0.835. The summed E-state index contributed by atoms with van der Waals surface area (Å²) in [4.78, 5) is 25.0. The first-order chi connectivity index (χ1) is 38.2. The number of aliphatic hydroxyl groups excluding tert-OH is 5. The summed E-state index contributed by atoms with van der Waals surface area (Å²) in [6.07, 6.45) is 64.8. The molecule has 7 unspecified atom stereocenters. The number of ether oxygens (including phenoxy) is 3. The van der Waals surface area contributed by atoms with Crippen molar-refractivity contribution < 1.29 is 49.3 Å². The molecule has 452 valence electrons. The minimum atomic E-state index is -1.58. The molecule has 0 aliphatic carbocycles. The molecule has 1 aliphatic rings. The van der Waals surface area contributed by atoms with Crippen LogP contribution in [0.25, 0.3) is 0 Å². The Kier molecular flexibility index (Phi) is 52.5. The van der Waals surface area contributed by atoms with Gasteiger partial charge >= 0.3 is 5.97 Å². The predicted molar refractivity (Wildman–Crippen MR) is 324 cm³/mol. The lowest BCUT2D eigenvalue weighted by atomic mass is 9.99. The molecule has 0 aromatic rings. The van der Waals surface area contributed by atoms with E-state index in [0.29, 0.717) is 19.4 Å². The van der Waals surface area contributed by atoms with Crippen molar-refractivity contribution >= 4 is 11.9 Å². The molecule has 0 spiro atoms. The summed E-state index contributed by atoms with van der Waals surface area (Å²) in [7, 11) is 0. The summed E-state index contributed by atoms with van der Waals surface area (Å²) in [5.74, 6) is -0.210. The number of unbranched alkanes of at least 4 members (excludes halogenated alkanes) is 32. The van der Waals surface area contributed by atoms with Crippen LogP contribution < -0.4 is 5.32 Å². The van der Waals surface area contributed by atoms with Gasteiger partial charge in [0.2, 0.25) is 5.91 Å². The van der Waals surface area contributed by atoms with E-state index in [1.807, 2.05) is 19.1 Å². The number of carbonyl (C=O) groups excluding carboxylic acids is 2. The van der Waals surface area contributed by atoms with Gasteiger partial charge in [-0.3, -0.25) is 9.59 Å². The molecule has 1 heterocycles. The van der Waals surface area contributed by atoms with Crippen LogP contribution in [-0.4, -0.2) is 100 Å². The summed E-state index contributed by atoms with van der Waals surface area (Å²) < 4.78 is 16.6. The number of hydrogen-bond donors (Lipinski definition) is 6. The van der Waals surface area contributed by atoms with Gasteiger partial charge in [0.25, 0.3) is 0 Å². The number of rotatable bonds is 55. The van der Waals surface area contributed by atoms with Crippen molar-refractivity contribution in [2.24, 2.45) is 0 Å². The highest BCUT2D eigenvalue weighted by Crippen LogP contribution is 2.23. The number of allylic oxidation sites excluding steroid dienone is 11. The van der Waals surface area contributed by atoms with E-state index in [1.54, 1.807) is 6.08 Å². The number of amides is 1. The number of hydrogen-bond acceptors (Lipinski definition) is 10. The smallest absolute Gasteiger partial charge is 0.305 e. The molecule has 11 heteroatoms. The molecule has 6 N–H and O–H groups in total. The minimum Gasteiger partial charge on any atom is -0.466 e. The number of aliphatic hydroxyl groups is 5. The van der Waals surface area contributed by atoms with Gasteiger partial charge in [-0.25, -0.2) is 0 Å². The highest BCUT2D eigenvalue weighted by atomic mass is 16.7. The van der Waals surface area contributed by atoms with Crippen LogP contribution in [0.3, 0.4) is 0 Å². The van der Waals surface area contributed by atoms with Gasteiger partial charge in [0.05, 0.1) is 32.0 Å². The average molecular weight is 1100 g/mol. The average Bonchev–Trinajstić information content (AvgIpc) is 3.45. The third-order valence-electron chi connectivity index (χ3n) is 14.8. The Bertz CT molecular complexity index is 1520. The third-order valence-corrected chi connectivity index (χ3v) is 14.8. The Morgan fingerprint density at radius 2 is 0.923 bits per heavy atom. The van der Waals surface area contributed by atoms with Crippen LogP contribution >= 0.6 is 0 Å². The molecule has 1 amide bonds. The van der Waals surface area contributed by atoms with Gasteiger partial charge in [0.15, 0.2) is 6.29 Å². The Morgan fingerprint density at radius 3 is 1.42 bits per heavy atom. The second-order valence-electron chi connectivity index (χ2n) is 22.1. The SMILES string of the molecule is C/C=C/CC/C=C/CC/C=C/C(O)C(COC1OC(CO)C(O)C(O)C1O)NC(=O)CCCCCCCCCCCCCCC/C=C\C/C=C\CCCCCCCCCCCOC(=O)CCCCCCC/C=C\CCCCC. The van der Waals surface area contributed by atoms with Gasteiger partial charge in [-0.15, -0.1) is 0 Å². The van der Waals surface area contributed by atoms with Crippen molar-refractivity contribution in [3.05, 3.63) is 72.9 Å². The molecule has 1 aliphatic heterocycles. The largest absolute Gasteiger partial charge is 0.466 e. The van der Waals surface area contributed by atoms with Gasteiger partial charge in [-0.05, 0) is 110 Å². The molecule has 7 atom stereocenters. The second-order valence-corrected chi connectivity index (χ2v) is 22.1. The summed E-state index contributed by atoms with van der Waals surface area (Å²) in [5.41, 5.74) is 0. The lowest BCUT2D eigenvalue weighted by molar-refractivity contribution is -0.302. The zero-order chi connectivity index (χ0) is 56.6. The fourth-order valence-electron chi connectivity index (χ4n) is 9.73. The molecule has 1 saturated heterocycles. The summed E-state index contributed by atoms with van der Waals surface area (Å²) >= 11 is 0. The van der Waals surface area contributed by atoms with E-state index >= 15 is 0 Å². The lowest BCUT2D eigenvalue weighted by Gasteiger charge is -2.40. The molecule has 0 bridgehead atoms. The lowest BCUT2D eigenvalue weighted by Crippen LogP contribution is -2.60. The highest BCUT2D eigenvalue weighted by Gasteiger charge is 2.44. The van der Waals surface area contributed by atoms with Crippen LogP contribution in [-0.2, 0) is 23.8 Å². The molecule has 0 saturated carbocycles. The van der Waals surface area contributed by atoms with Crippen LogP contribution in [0.4, 0.5) is 0 Å². The van der Waals surface area contributed by atoms with Gasteiger partial charge in [0.1, 0.15) is 24.4 Å². The van der Waals surface area contributed by atoms with Gasteiger partial charge in [-0.1, -0.05) is 228 Å². The van der Waals surface area contributed by atoms with Crippen molar-refractivity contribution in [2.75, 3.05) is 19.8 Å². The maximum atomic E-state index is 13.0. The molecule has 0 aromatic heterocycles. The topological polar surface area (TPSA) is 175 Å². The van der Waals surface area contributed by atoms with E-state index in [4.69, 9.17) is 14.2 Å². The molecular formula is C67H119NO10. The minimum absolute atomic E-state index is 0.00820. The second kappa shape index (κ2) is 56.0. The van der Waals surface area contributed by atoms with Gasteiger partial charge < -0.3 is 45.1 Å². The van der Waals surface area contributed by atoms with Crippen molar-refractivity contribution in [3.8, 4) is 0 Å².